The van der Waals surface area contributed by atoms with Gasteiger partial charge in [0.1, 0.15) is 42.3 Å². The number of hydrogen-bond acceptors (Lipinski definition) is 17. The number of hydrogen-bond donors (Lipinski definition) is 16. The fraction of sp³-hybridized carbons (Fsp3) is 0.667. The van der Waals surface area contributed by atoms with Gasteiger partial charge in [-0.3, -0.25) is 57.5 Å². The lowest BCUT2D eigenvalue weighted by molar-refractivity contribution is -0.142. The van der Waals surface area contributed by atoms with Crippen molar-refractivity contribution in [1.29, 1.82) is 0 Å². The Hall–Kier alpha value is -6.66. The number of amides is 11. The second-order valence-corrected chi connectivity index (χ2v) is 16.6. The number of aliphatic carboxylic acids is 2. The van der Waals surface area contributed by atoms with E-state index in [1.165, 1.54) is 18.7 Å². The molecule has 0 rings (SSSR count). The topological polar surface area (TPSA) is 495 Å². The molecule has 0 saturated heterocycles. The number of nitrogens with one attached hydrogen (secondary N) is 9. The second-order valence-electron chi connectivity index (χ2n) is 15.6. The molecular formula is C39H67N13O16S. The number of carbonyl (C=O) groups excluding carboxylic acids is 11. The number of aliphatic hydroxyl groups excluding tert-OH is 1. The minimum Gasteiger partial charge on any atom is -0.481 e. The standard InChI is InChI=1S/C39H67N13O16S/c1-18(46-34(62)21(41)8-10-26(42)54)32(60)49-23(12-14-69-4)36(64)51-25(15-27(43)55)37(65)50-22(9-11-30(58)59)35(63)47-19(2)33(61)52-31(20(3)53)38(66)45-16-28(56)44-17-29(57)48-24(39(67)68)7-5-6-13-40/h18-25,31,53H,5-17,40-41H2,1-4H3,(H2,42,54)(H2,43,55)(H,44,56)(H,45,66)(H,46,62)(H,47,63)(H,48,57)(H,49,60)(H,50,65)(H,51,64)(H,52,61)(H,58,59)(H,67,68)/t18-,19-,20+,21-,22-,23-,24-,25-,31-/m0/s1. The molecule has 69 heavy (non-hydrogen) atoms. The molecule has 0 spiro atoms. The average molecular weight is 1010 g/mol. The van der Waals surface area contributed by atoms with Crippen molar-refractivity contribution in [2.24, 2.45) is 22.9 Å². The maximum atomic E-state index is 13.6. The minimum atomic E-state index is -1.81. The van der Waals surface area contributed by atoms with Gasteiger partial charge in [-0.2, -0.15) is 11.8 Å². The van der Waals surface area contributed by atoms with Gasteiger partial charge in [-0.1, -0.05) is 0 Å². The maximum Gasteiger partial charge on any atom is 0.326 e. The van der Waals surface area contributed by atoms with Gasteiger partial charge in [0.25, 0.3) is 0 Å². The molecule has 0 unspecified atom stereocenters. The van der Waals surface area contributed by atoms with Crippen LogP contribution in [0.2, 0.25) is 0 Å². The van der Waals surface area contributed by atoms with Crippen molar-refractivity contribution >= 4 is 88.7 Å². The van der Waals surface area contributed by atoms with Crippen LogP contribution in [0.1, 0.15) is 78.6 Å². The highest BCUT2D eigenvalue weighted by atomic mass is 32.2. The lowest BCUT2D eigenvalue weighted by atomic mass is 10.1. The predicted molar refractivity (Wildman–Crippen MR) is 243 cm³/mol. The number of carbonyl (C=O) groups is 13. The Kier molecular flexibility index (Phi) is 29.8. The summed E-state index contributed by atoms with van der Waals surface area (Å²) in [6.07, 6.45) is -1.38. The molecule has 0 saturated carbocycles. The monoisotopic (exact) mass is 1010 g/mol. The zero-order valence-electron chi connectivity index (χ0n) is 38.8. The van der Waals surface area contributed by atoms with Gasteiger partial charge in [0.2, 0.25) is 65.0 Å². The third-order valence-electron chi connectivity index (χ3n) is 9.62. The molecule has 29 nitrogen and oxygen atoms in total. The molecule has 11 amide bonds. The fourth-order valence-corrected chi connectivity index (χ4v) is 6.16. The Morgan fingerprint density at radius 1 is 0.536 bits per heavy atom. The zero-order chi connectivity index (χ0) is 53.0. The number of carboxylic acids is 2. The number of thioether (sulfide) groups is 1. The zero-order valence-corrected chi connectivity index (χ0v) is 39.6. The molecule has 0 radical (unpaired) electrons. The first-order valence-corrected chi connectivity index (χ1v) is 22.9. The lowest BCUT2D eigenvalue weighted by Gasteiger charge is -2.26. The maximum absolute atomic E-state index is 13.6. The lowest BCUT2D eigenvalue weighted by Crippen LogP contribution is -2.60. The number of nitrogens with two attached hydrogens (primary N) is 4. The van der Waals surface area contributed by atoms with E-state index in [1.807, 2.05) is 0 Å². The van der Waals surface area contributed by atoms with Crippen LogP contribution in [0.25, 0.3) is 0 Å². The molecule has 390 valence electrons. The van der Waals surface area contributed by atoms with Crippen molar-refractivity contribution in [2.45, 2.75) is 133 Å². The van der Waals surface area contributed by atoms with Crippen LogP contribution >= 0.6 is 11.8 Å². The van der Waals surface area contributed by atoms with Gasteiger partial charge in [-0.05, 0) is 77.8 Å². The van der Waals surface area contributed by atoms with Crippen LogP contribution in [0, 0.1) is 0 Å². The smallest absolute Gasteiger partial charge is 0.326 e. The van der Waals surface area contributed by atoms with Gasteiger partial charge < -0.3 is 86.1 Å². The van der Waals surface area contributed by atoms with Crippen molar-refractivity contribution in [2.75, 3.05) is 31.6 Å². The quantitative estimate of drug-likeness (QED) is 0.0262. The highest BCUT2D eigenvalue weighted by Gasteiger charge is 2.34. The Labute approximate surface area is 401 Å². The van der Waals surface area contributed by atoms with E-state index in [0.717, 1.165) is 13.8 Å². The van der Waals surface area contributed by atoms with E-state index in [4.69, 9.17) is 22.9 Å². The molecule has 0 aromatic carbocycles. The van der Waals surface area contributed by atoms with E-state index in [1.54, 1.807) is 6.26 Å². The van der Waals surface area contributed by atoms with E-state index >= 15 is 0 Å². The van der Waals surface area contributed by atoms with Crippen LogP contribution in [0.4, 0.5) is 0 Å². The molecule has 0 aliphatic carbocycles. The van der Waals surface area contributed by atoms with Gasteiger partial charge in [-0.25, -0.2) is 4.79 Å². The molecule has 0 aliphatic heterocycles. The summed E-state index contributed by atoms with van der Waals surface area (Å²) in [6, 6.07) is -11.9. The number of unbranched alkanes of at least 4 members (excludes halogenated alkanes) is 1. The van der Waals surface area contributed by atoms with Crippen molar-refractivity contribution in [1.82, 2.24) is 47.9 Å². The van der Waals surface area contributed by atoms with Crippen LogP contribution in [0.15, 0.2) is 0 Å². The Morgan fingerprint density at radius 3 is 1.59 bits per heavy atom. The fourth-order valence-electron chi connectivity index (χ4n) is 5.69. The van der Waals surface area contributed by atoms with Gasteiger partial charge in [0.15, 0.2) is 0 Å². The Bertz CT molecular complexity index is 1840. The summed E-state index contributed by atoms with van der Waals surface area (Å²) in [5.41, 5.74) is 21.6. The Morgan fingerprint density at radius 2 is 1.06 bits per heavy atom. The third kappa shape index (κ3) is 26.5. The summed E-state index contributed by atoms with van der Waals surface area (Å²) in [7, 11) is 0. The second kappa shape index (κ2) is 32.9. The Balaban J connectivity index is 5.84. The number of rotatable bonds is 35. The summed E-state index contributed by atoms with van der Waals surface area (Å²) >= 11 is 1.28. The van der Waals surface area contributed by atoms with Crippen molar-refractivity contribution in [3.05, 3.63) is 0 Å². The molecule has 0 aromatic heterocycles. The predicted octanol–water partition coefficient (Wildman–Crippen LogP) is -7.67. The van der Waals surface area contributed by atoms with Crippen LogP contribution < -0.4 is 70.8 Å². The highest BCUT2D eigenvalue weighted by Crippen LogP contribution is 2.07. The molecule has 20 N–H and O–H groups in total. The van der Waals surface area contributed by atoms with Crippen molar-refractivity contribution < 1.29 is 77.6 Å². The van der Waals surface area contributed by atoms with Crippen LogP contribution in [-0.2, 0) is 62.3 Å². The number of carboxylic acid groups (broad SMARTS) is 2. The molecule has 0 fully saturated rings. The molecule has 0 heterocycles. The van der Waals surface area contributed by atoms with Crippen molar-refractivity contribution in [3.63, 3.8) is 0 Å². The summed E-state index contributed by atoms with van der Waals surface area (Å²) in [5, 5.41) is 49.2. The van der Waals surface area contributed by atoms with Gasteiger partial charge >= 0.3 is 11.9 Å². The van der Waals surface area contributed by atoms with Gasteiger partial charge in [-0.15, -0.1) is 0 Å². The first-order valence-electron chi connectivity index (χ1n) is 21.5. The first kappa shape index (κ1) is 62.3. The van der Waals surface area contributed by atoms with Crippen LogP contribution in [0.5, 0.6) is 0 Å². The van der Waals surface area contributed by atoms with E-state index in [9.17, 15) is 77.6 Å². The molecule has 30 heteroatoms. The minimum absolute atomic E-state index is 0.0340. The normalized spacial score (nSPS) is 14.7. The first-order chi connectivity index (χ1) is 32.2. The molecule has 9 atom stereocenters. The molecule has 0 aliphatic rings. The molecule has 0 aromatic rings. The summed E-state index contributed by atoms with van der Waals surface area (Å²) in [6.45, 7) is 2.42. The summed E-state index contributed by atoms with van der Waals surface area (Å²) in [4.78, 5) is 163. The number of aliphatic hydroxyl groups is 1. The number of primary amides is 2. The third-order valence-corrected chi connectivity index (χ3v) is 10.3. The van der Waals surface area contributed by atoms with E-state index < -0.39 is 164 Å². The van der Waals surface area contributed by atoms with E-state index in [0.29, 0.717) is 19.4 Å². The molecular weight excluding hydrogens is 939 g/mol. The van der Waals surface area contributed by atoms with E-state index in [-0.39, 0.29) is 31.4 Å². The van der Waals surface area contributed by atoms with Gasteiger partial charge in [0, 0.05) is 12.8 Å². The van der Waals surface area contributed by atoms with Crippen LogP contribution in [-0.4, -0.2) is 178 Å². The van der Waals surface area contributed by atoms with Crippen molar-refractivity contribution in [3.8, 4) is 0 Å². The van der Waals surface area contributed by atoms with E-state index in [2.05, 4.69) is 47.9 Å². The summed E-state index contributed by atoms with van der Waals surface area (Å²) < 4.78 is 0. The molecule has 0 bridgehead atoms. The SMILES string of the molecule is CSCC[C@H](NC(=O)[C@H](C)NC(=O)[C@@H](N)CCC(N)=O)C(=O)N[C@@H](CC(N)=O)C(=O)N[C@@H](CCC(=O)O)C(=O)N[C@@H](C)C(=O)N[C@H](C(=O)NCC(=O)NCC(=O)N[C@@H](CCCCN)C(=O)O)[C@@H](C)O. The van der Waals surface area contributed by atoms with Crippen LogP contribution in [0.3, 0.4) is 0 Å². The largest absolute Gasteiger partial charge is 0.481 e. The summed E-state index contributed by atoms with van der Waals surface area (Å²) in [5.74, 6) is -13.2. The average Bonchev–Trinajstić information content (AvgIpc) is 3.26. The van der Waals surface area contributed by atoms with Gasteiger partial charge in [0.05, 0.1) is 31.7 Å². The highest BCUT2D eigenvalue weighted by molar-refractivity contribution is 7.98.